The molecule has 2 aromatic carbocycles. The molecular formula is C24H26FN5O3. The first-order valence-corrected chi connectivity index (χ1v) is 10.8. The topological polar surface area (TPSA) is 104 Å². The van der Waals surface area contributed by atoms with E-state index in [2.05, 4.69) is 10.0 Å². The summed E-state index contributed by atoms with van der Waals surface area (Å²) >= 11 is 0. The van der Waals surface area contributed by atoms with Gasteiger partial charge in [0, 0.05) is 50.9 Å². The lowest BCUT2D eigenvalue weighted by Gasteiger charge is -2.36. The normalized spacial score (nSPS) is 15.2. The Bertz CT molecular complexity index is 1260. The van der Waals surface area contributed by atoms with Gasteiger partial charge >= 0.3 is 5.97 Å². The first-order valence-electron chi connectivity index (χ1n) is 10.8. The van der Waals surface area contributed by atoms with Crippen LogP contribution in [-0.4, -0.2) is 59.0 Å². The Labute approximate surface area is 190 Å². The maximum Gasteiger partial charge on any atom is 0.341 e. The molecule has 3 N–H and O–H groups in total. The second-order valence-corrected chi connectivity index (χ2v) is 7.99. The minimum Gasteiger partial charge on any atom is -0.477 e. The van der Waals surface area contributed by atoms with Crippen LogP contribution in [0.3, 0.4) is 0 Å². The fourth-order valence-electron chi connectivity index (χ4n) is 4.25. The molecule has 1 aromatic heterocycles. The Morgan fingerprint density at radius 3 is 2.45 bits per heavy atom. The van der Waals surface area contributed by atoms with Gasteiger partial charge in [-0.15, -0.1) is 0 Å². The molecular weight excluding hydrogens is 425 g/mol. The van der Waals surface area contributed by atoms with Crippen LogP contribution >= 0.6 is 0 Å². The lowest BCUT2D eigenvalue weighted by Crippen LogP contribution is -2.48. The summed E-state index contributed by atoms with van der Waals surface area (Å²) in [5, 5.41) is 13.3. The number of nitrogens with two attached hydrogens (primary N) is 1. The summed E-state index contributed by atoms with van der Waals surface area (Å²) in [5.41, 5.74) is 1.66. The molecule has 0 unspecified atom stereocenters. The van der Waals surface area contributed by atoms with E-state index < -0.39 is 17.2 Å². The molecule has 1 aliphatic rings. The van der Waals surface area contributed by atoms with Crippen molar-refractivity contribution in [2.24, 2.45) is 10.9 Å². The van der Waals surface area contributed by atoms with Gasteiger partial charge in [0.2, 0.25) is 5.43 Å². The van der Waals surface area contributed by atoms with Crippen LogP contribution in [0, 0.1) is 5.82 Å². The van der Waals surface area contributed by atoms with Gasteiger partial charge in [0.15, 0.2) is 0 Å². The third-order valence-corrected chi connectivity index (χ3v) is 6.07. The van der Waals surface area contributed by atoms with Gasteiger partial charge < -0.3 is 20.4 Å². The quantitative estimate of drug-likeness (QED) is 0.339. The predicted molar refractivity (Wildman–Crippen MR) is 127 cm³/mol. The van der Waals surface area contributed by atoms with Crippen LogP contribution < -0.4 is 16.2 Å². The van der Waals surface area contributed by atoms with Gasteiger partial charge in [-0.3, -0.25) is 9.69 Å². The Kier molecular flexibility index (Phi) is 6.41. The number of pyridine rings is 1. The van der Waals surface area contributed by atoms with E-state index in [0.29, 0.717) is 50.5 Å². The van der Waals surface area contributed by atoms with Crippen molar-refractivity contribution in [3.05, 3.63) is 75.8 Å². The van der Waals surface area contributed by atoms with E-state index in [4.69, 9.17) is 5.84 Å². The number of aryl methyl sites for hydroxylation is 1. The number of hydrazone groups is 1. The number of halogens is 1. The average Bonchev–Trinajstić information content (AvgIpc) is 2.83. The largest absolute Gasteiger partial charge is 0.477 e. The van der Waals surface area contributed by atoms with Crippen LogP contribution in [-0.2, 0) is 6.54 Å². The second-order valence-electron chi connectivity index (χ2n) is 7.99. The summed E-state index contributed by atoms with van der Waals surface area (Å²) < 4.78 is 16.7. The molecule has 0 spiro atoms. The van der Waals surface area contributed by atoms with Crippen LogP contribution in [0.25, 0.3) is 10.9 Å². The predicted octanol–water partition coefficient (Wildman–Crippen LogP) is 2.34. The van der Waals surface area contributed by atoms with E-state index >= 15 is 4.39 Å². The van der Waals surface area contributed by atoms with Crippen LogP contribution in [0.2, 0.25) is 0 Å². The number of carboxylic acids is 1. The highest BCUT2D eigenvalue weighted by atomic mass is 19.1. The monoisotopic (exact) mass is 451 g/mol. The van der Waals surface area contributed by atoms with Crippen molar-refractivity contribution in [3.63, 3.8) is 0 Å². The number of carbonyl (C=O) groups is 1. The van der Waals surface area contributed by atoms with Crippen molar-refractivity contribution in [1.82, 2.24) is 9.47 Å². The summed E-state index contributed by atoms with van der Waals surface area (Å²) in [5.74, 6) is 3.76. The van der Waals surface area contributed by atoms with Gasteiger partial charge in [0.25, 0.3) is 0 Å². The summed E-state index contributed by atoms with van der Waals surface area (Å²) in [6, 6.07) is 12.6. The number of aromatic nitrogens is 1. The molecule has 3 aromatic rings. The molecule has 0 amide bonds. The van der Waals surface area contributed by atoms with E-state index in [-0.39, 0.29) is 10.9 Å². The van der Waals surface area contributed by atoms with Crippen molar-refractivity contribution in [3.8, 4) is 0 Å². The SMILES string of the molecule is CCn1cc(C(=O)O)c(=O)c2cc(F)c(N3CCN(C/C(=N\N)c4ccccc4)CC3)cc21. The highest BCUT2D eigenvalue weighted by Crippen LogP contribution is 2.26. The fourth-order valence-corrected chi connectivity index (χ4v) is 4.25. The summed E-state index contributed by atoms with van der Waals surface area (Å²) in [6.07, 6.45) is 1.32. The number of hydrogen-bond donors (Lipinski definition) is 2. The van der Waals surface area contributed by atoms with Gasteiger partial charge in [0.1, 0.15) is 11.4 Å². The van der Waals surface area contributed by atoms with E-state index in [1.807, 2.05) is 42.2 Å². The maximum atomic E-state index is 15.0. The summed E-state index contributed by atoms with van der Waals surface area (Å²) in [7, 11) is 0. The smallest absolute Gasteiger partial charge is 0.341 e. The Morgan fingerprint density at radius 1 is 1.15 bits per heavy atom. The minimum atomic E-state index is -1.32. The molecule has 0 bridgehead atoms. The number of piperazine rings is 1. The highest BCUT2D eigenvalue weighted by molar-refractivity contribution is 6.01. The zero-order valence-corrected chi connectivity index (χ0v) is 18.4. The third-order valence-electron chi connectivity index (χ3n) is 6.07. The van der Waals surface area contributed by atoms with Gasteiger partial charge in [-0.2, -0.15) is 5.10 Å². The first-order chi connectivity index (χ1) is 15.9. The van der Waals surface area contributed by atoms with Crippen molar-refractivity contribution < 1.29 is 14.3 Å². The molecule has 0 atom stereocenters. The van der Waals surface area contributed by atoms with E-state index in [1.165, 1.54) is 6.20 Å². The lowest BCUT2D eigenvalue weighted by molar-refractivity contribution is 0.0695. The fraction of sp³-hybridized carbons (Fsp3) is 0.292. The van der Waals surface area contributed by atoms with Crippen molar-refractivity contribution in [2.75, 3.05) is 37.6 Å². The number of hydrogen-bond acceptors (Lipinski definition) is 6. The van der Waals surface area contributed by atoms with Gasteiger partial charge in [0.05, 0.1) is 16.9 Å². The molecule has 4 rings (SSSR count). The number of anilines is 1. The van der Waals surface area contributed by atoms with Crippen LogP contribution in [0.5, 0.6) is 0 Å². The molecule has 1 saturated heterocycles. The molecule has 2 heterocycles. The Balaban J connectivity index is 1.56. The third kappa shape index (κ3) is 4.45. The molecule has 0 radical (unpaired) electrons. The standard InChI is InChI=1S/C24H26FN5O3/c1-2-29-14-18(24(32)33)23(31)17-12-19(25)22(13-21(17)29)30-10-8-28(9-11-30)15-20(27-26)16-6-4-3-5-7-16/h3-7,12-14H,2,8-11,15,26H2,1H3,(H,32,33)/b27-20+. The number of rotatable bonds is 6. The zero-order chi connectivity index (χ0) is 23.5. The second kappa shape index (κ2) is 9.41. The lowest BCUT2D eigenvalue weighted by atomic mass is 10.1. The van der Waals surface area contributed by atoms with Crippen LogP contribution in [0.15, 0.2) is 58.6 Å². The molecule has 9 heteroatoms. The van der Waals surface area contributed by atoms with Gasteiger partial charge in [-0.05, 0) is 24.6 Å². The number of aromatic carboxylic acids is 1. The Morgan fingerprint density at radius 2 is 1.85 bits per heavy atom. The number of nitrogens with zero attached hydrogens (tertiary/aromatic N) is 4. The van der Waals surface area contributed by atoms with Crippen molar-refractivity contribution in [1.29, 1.82) is 0 Å². The van der Waals surface area contributed by atoms with Gasteiger partial charge in [-0.25, -0.2) is 9.18 Å². The van der Waals surface area contributed by atoms with Crippen LogP contribution in [0.1, 0.15) is 22.8 Å². The van der Waals surface area contributed by atoms with Crippen LogP contribution in [0.4, 0.5) is 10.1 Å². The van der Waals surface area contributed by atoms with E-state index in [1.54, 1.807) is 10.6 Å². The molecule has 1 aliphatic heterocycles. The highest BCUT2D eigenvalue weighted by Gasteiger charge is 2.23. The molecule has 172 valence electrons. The van der Waals surface area contributed by atoms with E-state index in [0.717, 1.165) is 17.3 Å². The molecule has 33 heavy (non-hydrogen) atoms. The molecule has 8 nitrogen and oxygen atoms in total. The summed E-state index contributed by atoms with van der Waals surface area (Å²) in [4.78, 5) is 28.1. The van der Waals surface area contributed by atoms with Crippen molar-refractivity contribution >= 4 is 28.3 Å². The first kappa shape index (κ1) is 22.5. The molecule has 0 saturated carbocycles. The molecule has 1 fully saturated rings. The average molecular weight is 452 g/mol. The van der Waals surface area contributed by atoms with Crippen molar-refractivity contribution in [2.45, 2.75) is 13.5 Å². The number of fused-ring (bicyclic) bond motifs is 1. The molecule has 0 aliphatic carbocycles. The Hall–Kier alpha value is -3.72. The summed E-state index contributed by atoms with van der Waals surface area (Å²) in [6.45, 7) is 5.49. The van der Waals surface area contributed by atoms with Gasteiger partial charge in [-0.1, -0.05) is 30.3 Å². The minimum absolute atomic E-state index is 0.0725. The zero-order valence-electron chi connectivity index (χ0n) is 18.4. The maximum absolute atomic E-state index is 15.0. The van der Waals surface area contributed by atoms with E-state index in [9.17, 15) is 14.7 Å². The number of benzene rings is 2. The number of carboxylic acid groups (broad SMARTS) is 1.